The minimum Gasteiger partial charge on any atom is -0.407 e. The first kappa shape index (κ1) is 41.4. The number of thioether (sulfide) groups is 1. The molecular weight excluding hydrogens is 701 g/mol. The van der Waals surface area contributed by atoms with E-state index >= 15 is 0 Å². The van der Waals surface area contributed by atoms with Gasteiger partial charge in [-0.2, -0.15) is 8.42 Å². The number of rotatable bonds is 20. The molecule has 1 fully saturated rings. The van der Waals surface area contributed by atoms with E-state index in [4.69, 9.17) is 22.8 Å². The van der Waals surface area contributed by atoms with Crippen LogP contribution < -0.4 is 10.4 Å². The average molecular weight is 757 g/mol. The topological polar surface area (TPSA) is 97.4 Å². The maximum Gasteiger partial charge on any atom is 0.297 e. The van der Waals surface area contributed by atoms with Crippen LogP contribution in [0.1, 0.15) is 72.3 Å². The summed E-state index contributed by atoms with van der Waals surface area (Å²) in [4.78, 5) is 13.9. The van der Waals surface area contributed by atoms with Crippen molar-refractivity contribution in [3.8, 4) is 0 Å². The van der Waals surface area contributed by atoms with Gasteiger partial charge in [0, 0.05) is 19.4 Å². The van der Waals surface area contributed by atoms with Crippen LogP contribution >= 0.6 is 11.8 Å². The minimum atomic E-state index is -4.04. The molecule has 3 aromatic carbocycles. The van der Waals surface area contributed by atoms with E-state index in [1.54, 1.807) is 12.1 Å². The number of ether oxygens (including phenoxy) is 3. The largest absolute Gasteiger partial charge is 0.407 e. The molecule has 0 saturated carbocycles. The Kier molecular flexibility index (Phi) is 14.7. The maximum absolute atomic E-state index is 13.9. The van der Waals surface area contributed by atoms with Crippen LogP contribution in [-0.4, -0.2) is 72.5 Å². The first-order valence-electron chi connectivity index (χ1n) is 17.8. The molecule has 1 saturated heterocycles. The van der Waals surface area contributed by atoms with Crippen LogP contribution in [0, 0.1) is 12.8 Å². The minimum absolute atomic E-state index is 0.0570. The quantitative estimate of drug-likeness (QED) is 0.0670. The van der Waals surface area contributed by atoms with Crippen molar-refractivity contribution in [2.24, 2.45) is 5.92 Å². The van der Waals surface area contributed by atoms with Crippen molar-refractivity contribution in [2.45, 2.75) is 95.0 Å². The zero-order valence-electron chi connectivity index (χ0n) is 31.3. The summed E-state index contributed by atoms with van der Waals surface area (Å²) in [6, 6.07) is 27.7. The number of hydrogen-bond donors (Lipinski definition) is 0. The molecule has 280 valence electrons. The number of ketones is 1. The summed E-state index contributed by atoms with van der Waals surface area (Å²) in [5.41, 5.74) is -0.0767. The molecule has 1 heterocycles. The van der Waals surface area contributed by atoms with Gasteiger partial charge in [-0.05, 0) is 72.8 Å². The van der Waals surface area contributed by atoms with Gasteiger partial charge in [0.1, 0.15) is 12.2 Å². The van der Waals surface area contributed by atoms with Crippen LogP contribution in [0.4, 0.5) is 0 Å². The van der Waals surface area contributed by atoms with E-state index in [2.05, 4.69) is 88.4 Å². The number of hydrogen-bond acceptors (Lipinski definition) is 9. The summed E-state index contributed by atoms with van der Waals surface area (Å²) in [6.07, 6.45) is 4.36. The van der Waals surface area contributed by atoms with E-state index < -0.39 is 29.8 Å². The molecule has 8 nitrogen and oxygen atoms in total. The molecule has 0 bridgehead atoms. The summed E-state index contributed by atoms with van der Waals surface area (Å²) in [5.74, 6) is -0.777. The summed E-state index contributed by atoms with van der Waals surface area (Å²) >= 11 is 1.52. The van der Waals surface area contributed by atoms with Gasteiger partial charge < -0.3 is 18.6 Å². The van der Waals surface area contributed by atoms with E-state index in [0.29, 0.717) is 19.0 Å². The van der Waals surface area contributed by atoms with Crippen molar-refractivity contribution in [2.75, 3.05) is 38.6 Å². The Morgan fingerprint density at radius 1 is 0.922 bits per heavy atom. The normalized spacial score (nSPS) is 16.8. The molecule has 0 aliphatic carbocycles. The number of Topliss-reactive ketones (excluding diaryl/α,β-unsaturated/α-hetero) is 1. The molecule has 3 aromatic rings. The van der Waals surface area contributed by atoms with E-state index in [0.717, 1.165) is 18.4 Å². The van der Waals surface area contributed by atoms with Gasteiger partial charge in [0.15, 0.2) is 11.6 Å². The fourth-order valence-corrected chi connectivity index (χ4v) is 12.7. The molecule has 0 radical (unpaired) electrons. The summed E-state index contributed by atoms with van der Waals surface area (Å²) < 4.78 is 56.3. The predicted molar refractivity (Wildman–Crippen MR) is 208 cm³/mol. The molecule has 1 aliphatic heterocycles. The fraction of sp³-hybridized carbons (Fsp3) is 0.525. The zero-order valence-corrected chi connectivity index (χ0v) is 33.9. The van der Waals surface area contributed by atoms with Crippen LogP contribution in [0.2, 0.25) is 5.04 Å². The lowest BCUT2D eigenvalue weighted by Gasteiger charge is -2.43. The first-order chi connectivity index (χ1) is 24.2. The Morgan fingerprint density at radius 2 is 1.49 bits per heavy atom. The highest BCUT2D eigenvalue weighted by Gasteiger charge is 2.50. The second-order valence-corrected chi connectivity index (χ2v) is 21.5. The van der Waals surface area contributed by atoms with Crippen LogP contribution in [-0.2, 0) is 37.7 Å². The number of carbonyl (C=O) groups excluding carboxylic acids is 1. The van der Waals surface area contributed by atoms with Crippen LogP contribution in [0.15, 0.2) is 89.8 Å². The smallest absolute Gasteiger partial charge is 0.297 e. The van der Waals surface area contributed by atoms with Crippen molar-refractivity contribution < 1.29 is 36.0 Å². The first-order valence-corrected chi connectivity index (χ1v) is 22.5. The van der Waals surface area contributed by atoms with Gasteiger partial charge in [-0.1, -0.05) is 106 Å². The van der Waals surface area contributed by atoms with Gasteiger partial charge in [-0.3, -0.25) is 8.98 Å². The Hall–Kier alpha value is -2.35. The highest BCUT2D eigenvalue weighted by atomic mass is 32.2. The third-order valence-electron chi connectivity index (χ3n) is 9.73. The lowest BCUT2D eigenvalue weighted by molar-refractivity contribution is -0.184. The molecular formula is C40H56O8S2Si. The molecule has 0 aromatic heterocycles. The number of aryl methyl sites for hydroxylation is 1. The van der Waals surface area contributed by atoms with Crippen molar-refractivity contribution >= 4 is 46.4 Å². The third-order valence-corrected chi connectivity index (χ3v) is 16.4. The monoisotopic (exact) mass is 756 g/mol. The molecule has 2 unspecified atom stereocenters. The number of carbonyl (C=O) groups is 1. The van der Waals surface area contributed by atoms with E-state index in [1.807, 2.05) is 20.1 Å². The molecule has 51 heavy (non-hydrogen) atoms. The molecule has 0 N–H and O–H groups in total. The van der Waals surface area contributed by atoms with Gasteiger partial charge in [-0.15, -0.1) is 11.8 Å². The van der Waals surface area contributed by atoms with Gasteiger partial charge in [0.05, 0.1) is 24.0 Å². The van der Waals surface area contributed by atoms with E-state index in [1.165, 1.54) is 34.3 Å². The Labute approximate surface area is 311 Å². The second kappa shape index (κ2) is 18.1. The maximum atomic E-state index is 13.9. The lowest BCUT2D eigenvalue weighted by atomic mass is 9.88. The lowest BCUT2D eigenvalue weighted by Crippen LogP contribution is -2.66. The summed E-state index contributed by atoms with van der Waals surface area (Å²) in [5, 5.41) is 2.41. The molecule has 0 spiro atoms. The van der Waals surface area contributed by atoms with Crippen LogP contribution in [0.5, 0.6) is 0 Å². The highest BCUT2D eigenvalue weighted by molar-refractivity contribution is 7.98. The molecule has 11 heteroatoms. The zero-order chi connectivity index (χ0) is 37.2. The van der Waals surface area contributed by atoms with Gasteiger partial charge in [-0.25, -0.2) is 0 Å². The Bertz CT molecular complexity index is 1580. The molecule has 4 rings (SSSR count). The van der Waals surface area contributed by atoms with Crippen LogP contribution in [0.3, 0.4) is 0 Å². The van der Waals surface area contributed by atoms with Crippen molar-refractivity contribution in [3.05, 3.63) is 90.5 Å². The van der Waals surface area contributed by atoms with Crippen molar-refractivity contribution in [1.29, 1.82) is 0 Å². The Balaban J connectivity index is 1.39. The van der Waals surface area contributed by atoms with Gasteiger partial charge in [0.25, 0.3) is 18.4 Å². The SMILES string of the molecule is CSCOC(C)(CCCC(C)CO[Si](c1ccccc1)(c1ccccc1)C(C)(C)C)C(=O)CCC1(COS(=O)(=O)c2ccc(C)cc2)OCCO1. The highest BCUT2D eigenvalue weighted by Crippen LogP contribution is 2.37. The van der Waals surface area contributed by atoms with Gasteiger partial charge >= 0.3 is 0 Å². The molecule has 0 amide bonds. The predicted octanol–water partition coefficient (Wildman–Crippen LogP) is 7.27. The number of benzene rings is 3. The standard InChI is InChI=1S/C40H56O8S2Si/c1-32-20-22-34(23-21-32)50(42,43)47-30-40(44-27-28-45-40)26-24-37(41)39(6,46-31-49-7)25-14-15-33(2)29-48-51(38(3,4)5,35-16-10-8-11-17-35)36-18-12-9-13-19-36/h8-13,16-23,33H,14-15,24-31H2,1-7H3. The molecule has 1 aliphatic rings. The summed E-state index contributed by atoms with van der Waals surface area (Å²) in [7, 11) is -6.68. The van der Waals surface area contributed by atoms with Gasteiger partial charge in [0.2, 0.25) is 0 Å². The summed E-state index contributed by atoms with van der Waals surface area (Å²) in [6.45, 7) is 13.6. The van der Waals surface area contributed by atoms with Crippen LogP contribution in [0.25, 0.3) is 0 Å². The average Bonchev–Trinajstić information content (AvgIpc) is 3.59. The fourth-order valence-electron chi connectivity index (χ4n) is 6.69. The van der Waals surface area contributed by atoms with Crippen molar-refractivity contribution in [1.82, 2.24) is 0 Å². The molecule has 2 atom stereocenters. The Morgan fingerprint density at radius 3 is 2.02 bits per heavy atom. The van der Waals surface area contributed by atoms with Crippen molar-refractivity contribution in [3.63, 3.8) is 0 Å². The third kappa shape index (κ3) is 10.6. The second-order valence-electron chi connectivity index (χ2n) is 14.8. The van der Waals surface area contributed by atoms with E-state index in [-0.39, 0.29) is 54.3 Å². The van der Waals surface area contributed by atoms with E-state index in [9.17, 15) is 13.2 Å².